The van der Waals surface area contributed by atoms with Crippen LogP contribution in [0.15, 0.2) is 30.5 Å². The van der Waals surface area contributed by atoms with Gasteiger partial charge in [0, 0.05) is 5.56 Å². The summed E-state index contributed by atoms with van der Waals surface area (Å²) in [6.07, 6.45) is 1.53. The van der Waals surface area contributed by atoms with Crippen LogP contribution < -0.4 is 0 Å². The number of benzene rings is 1. The first-order valence-electron chi connectivity index (χ1n) is 5.00. The molecule has 0 aliphatic rings. The lowest BCUT2D eigenvalue weighted by Crippen LogP contribution is -2.03. The molecule has 2 aromatic rings. The molecule has 88 valence electrons. The number of halogens is 1. The number of rotatable bonds is 3. The van der Waals surface area contributed by atoms with Crippen molar-refractivity contribution in [3.63, 3.8) is 0 Å². The maximum absolute atomic E-state index is 13.4. The molecule has 0 amide bonds. The molecule has 0 N–H and O–H groups in total. The Morgan fingerprint density at radius 1 is 1.47 bits per heavy atom. The summed E-state index contributed by atoms with van der Waals surface area (Å²) in [5.41, 5.74) is 0.913. The van der Waals surface area contributed by atoms with E-state index >= 15 is 0 Å². The Morgan fingerprint density at radius 2 is 2.18 bits per heavy atom. The Morgan fingerprint density at radius 3 is 2.76 bits per heavy atom. The third kappa shape index (κ3) is 2.30. The highest BCUT2D eigenvalue weighted by Gasteiger charge is 2.17. The normalized spacial score (nSPS) is 10.5. The molecular formula is C11H10FN3O2. The van der Waals surface area contributed by atoms with Gasteiger partial charge >= 0.3 is 5.82 Å². The van der Waals surface area contributed by atoms with E-state index in [9.17, 15) is 14.5 Å². The van der Waals surface area contributed by atoms with Crippen LogP contribution in [-0.2, 0) is 6.54 Å². The van der Waals surface area contributed by atoms with Gasteiger partial charge in [-0.2, -0.15) is 4.68 Å². The standard InChI is InChI=1S/C11H10FN3O2/c1-8-6-14(13-11(8)15(16)17)7-9-4-2-3-5-10(9)12/h2-6H,7H2,1H3. The Hall–Kier alpha value is -2.24. The van der Waals surface area contributed by atoms with E-state index in [1.807, 2.05) is 0 Å². The molecule has 17 heavy (non-hydrogen) atoms. The van der Waals surface area contributed by atoms with E-state index in [4.69, 9.17) is 0 Å². The summed E-state index contributed by atoms with van der Waals surface area (Å²) >= 11 is 0. The molecule has 0 fully saturated rings. The van der Waals surface area contributed by atoms with Crippen LogP contribution in [0.25, 0.3) is 0 Å². The van der Waals surface area contributed by atoms with Crippen molar-refractivity contribution < 1.29 is 9.31 Å². The fourth-order valence-electron chi connectivity index (χ4n) is 1.57. The van der Waals surface area contributed by atoms with Crippen LogP contribution in [0.5, 0.6) is 0 Å². The van der Waals surface area contributed by atoms with Crippen molar-refractivity contribution in [1.29, 1.82) is 0 Å². The minimum atomic E-state index is -0.548. The summed E-state index contributed by atoms with van der Waals surface area (Å²) in [5.74, 6) is -0.537. The van der Waals surface area contributed by atoms with Crippen LogP contribution >= 0.6 is 0 Å². The molecule has 5 nitrogen and oxygen atoms in total. The molecular weight excluding hydrogens is 225 g/mol. The van der Waals surface area contributed by atoms with Crippen molar-refractivity contribution >= 4 is 5.82 Å². The first-order chi connectivity index (χ1) is 8.08. The average Bonchev–Trinajstić information content (AvgIpc) is 2.63. The van der Waals surface area contributed by atoms with Gasteiger partial charge in [-0.15, -0.1) is 0 Å². The maximum Gasteiger partial charge on any atom is 0.392 e. The van der Waals surface area contributed by atoms with Crippen molar-refractivity contribution in [2.45, 2.75) is 13.5 Å². The van der Waals surface area contributed by atoms with Crippen molar-refractivity contribution in [1.82, 2.24) is 9.78 Å². The van der Waals surface area contributed by atoms with Crippen LogP contribution in [0.3, 0.4) is 0 Å². The molecule has 0 bridgehead atoms. The molecule has 1 aromatic carbocycles. The monoisotopic (exact) mass is 235 g/mol. The molecule has 0 unspecified atom stereocenters. The summed E-state index contributed by atoms with van der Waals surface area (Å²) in [6.45, 7) is 1.78. The zero-order chi connectivity index (χ0) is 12.4. The SMILES string of the molecule is Cc1cn(Cc2ccccc2F)nc1[N+](=O)[O-]. The Balaban J connectivity index is 2.28. The molecule has 0 spiro atoms. The number of nitrogens with zero attached hydrogens (tertiary/aromatic N) is 3. The topological polar surface area (TPSA) is 61.0 Å². The maximum atomic E-state index is 13.4. The Kier molecular flexibility index (Phi) is 2.86. The molecule has 1 aromatic heterocycles. The Labute approximate surface area is 96.6 Å². The van der Waals surface area contributed by atoms with E-state index in [-0.39, 0.29) is 18.2 Å². The number of hydrogen-bond acceptors (Lipinski definition) is 3. The summed E-state index contributed by atoms with van der Waals surface area (Å²) in [4.78, 5) is 10.1. The largest absolute Gasteiger partial charge is 0.392 e. The van der Waals surface area contributed by atoms with Gasteiger partial charge in [-0.05, 0) is 17.9 Å². The predicted molar refractivity (Wildman–Crippen MR) is 59.1 cm³/mol. The summed E-state index contributed by atoms with van der Waals surface area (Å²) < 4.78 is 14.7. The minimum absolute atomic E-state index is 0.182. The van der Waals surface area contributed by atoms with E-state index < -0.39 is 4.92 Å². The molecule has 0 aliphatic heterocycles. The molecule has 0 aliphatic carbocycles. The highest BCUT2D eigenvalue weighted by molar-refractivity contribution is 5.28. The van der Waals surface area contributed by atoms with Crippen molar-refractivity contribution in [3.8, 4) is 0 Å². The molecule has 2 rings (SSSR count). The fraction of sp³-hybridized carbons (Fsp3) is 0.182. The number of aromatic nitrogens is 2. The fourth-order valence-corrected chi connectivity index (χ4v) is 1.57. The lowest BCUT2D eigenvalue weighted by Gasteiger charge is -1.99. The van der Waals surface area contributed by atoms with Crippen LogP contribution in [0.1, 0.15) is 11.1 Å². The molecule has 0 saturated carbocycles. The lowest BCUT2D eigenvalue weighted by atomic mass is 10.2. The Bertz CT molecular complexity index is 566. The van der Waals surface area contributed by atoms with Crippen molar-refractivity contribution in [2.75, 3.05) is 0 Å². The number of aryl methyl sites for hydroxylation is 1. The van der Waals surface area contributed by atoms with Gasteiger partial charge in [0.2, 0.25) is 0 Å². The molecule has 1 heterocycles. The van der Waals surface area contributed by atoms with Gasteiger partial charge in [-0.25, -0.2) is 4.39 Å². The quantitative estimate of drug-likeness (QED) is 0.605. The number of nitro groups is 1. The first kappa shape index (κ1) is 11.3. The van der Waals surface area contributed by atoms with Crippen LogP contribution in [0, 0.1) is 22.9 Å². The second-order valence-electron chi connectivity index (χ2n) is 3.68. The summed E-state index contributed by atoms with van der Waals surface area (Å²) in [5, 5.41) is 14.4. The van der Waals surface area contributed by atoms with Gasteiger partial charge in [0.15, 0.2) is 0 Å². The second-order valence-corrected chi connectivity index (χ2v) is 3.68. The third-order valence-electron chi connectivity index (χ3n) is 2.38. The molecule has 6 heteroatoms. The third-order valence-corrected chi connectivity index (χ3v) is 2.38. The van der Waals surface area contributed by atoms with Crippen molar-refractivity contribution in [2.24, 2.45) is 0 Å². The van der Waals surface area contributed by atoms with Gasteiger partial charge in [0.25, 0.3) is 0 Å². The molecule has 0 atom stereocenters. The van der Waals surface area contributed by atoms with Gasteiger partial charge in [-0.3, -0.25) is 0 Å². The highest BCUT2D eigenvalue weighted by atomic mass is 19.1. The zero-order valence-electron chi connectivity index (χ0n) is 9.13. The minimum Gasteiger partial charge on any atom is -0.358 e. The summed E-state index contributed by atoms with van der Waals surface area (Å²) in [6, 6.07) is 6.27. The molecule has 0 radical (unpaired) electrons. The van der Waals surface area contributed by atoms with Crippen LogP contribution in [0.2, 0.25) is 0 Å². The highest BCUT2D eigenvalue weighted by Crippen LogP contribution is 2.15. The number of hydrogen-bond donors (Lipinski definition) is 0. The van der Waals surface area contributed by atoms with E-state index in [2.05, 4.69) is 5.10 Å². The van der Waals surface area contributed by atoms with E-state index in [0.29, 0.717) is 11.1 Å². The van der Waals surface area contributed by atoms with Gasteiger partial charge in [0.05, 0.1) is 23.4 Å². The van der Waals surface area contributed by atoms with Gasteiger partial charge < -0.3 is 10.1 Å². The van der Waals surface area contributed by atoms with E-state index in [1.165, 1.54) is 16.9 Å². The van der Waals surface area contributed by atoms with Gasteiger partial charge in [-0.1, -0.05) is 18.2 Å². The lowest BCUT2D eigenvalue weighted by molar-refractivity contribution is -0.390. The average molecular weight is 235 g/mol. The van der Waals surface area contributed by atoms with Gasteiger partial charge in [0.1, 0.15) is 5.82 Å². The van der Waals surface area contributed by atoms with Crippen LogP contribution in [0.4, 0.5) is 10.2 Å². The van der Waals surface area contributed by atoms with Crippen LogP contribution in [-0.4, -0.2) is 14.7 Å². The van der Waals surface area contributed by atoms with E-state index in [0.717, 1.165) is 0 Å². The summed E-state index contributed by atoms with van der Waals surface area (Å²) in [7, 11) is 0. The molecule has 0 saturated heterocycles. The smallest absolute Gasteiger partial charge is 0.358 e. The zero-order valence-corrected chi connectivity index (χ0v) is 9.13. The van der Waals surface area contributed by atoms with E-state index in [1.54, 1.807) is 25.1 Å². The second kappa shape index (κ2) is 4.32. The first-order valence-corrected chi connectivity index (χ1v) is 5.00. The predicted octanol–water partition coefficient (Wildman–Crippen LogP) is 2.29. The van der Waals surface area contributed by atoms with Crippen molar-refractivity contribution in [3.05, 3.63) is 57.5 Å².